The van der Waals surface area contributed by atoms with Crippen molar-refractivity contribution in [2.75, 3.05) is 0 Å². The quantitative estimate of drug-likeness (QED) is 0.890. The number of nitrogens with one attached hydrogen (secondary N) is 1. The van der Waals surface area contributed by atoms with Gasteiger partial charge in [-0.15, -0.1) is 0 Å². The molecule has 3 nitrogen and oxygen atoms in total. The average molecular weight is 345 g/mol. The number of aromatic amines is 1. The summed E-state index contributed by atoms with van der Waals surface area (Å²) in [5.74, 6) is 1.99. The molecule has 0 aliphatic carbocycles. The lowest BCUT2D eigenvalue weighted by molar-refractivity contribution is 0.781. The van der Waals surface area contributed by atoms with Crippen molar-refractivity contribution in [1.82, 2.24) is 15.2 Å². The van der Waals surface area contributed by atoms with Crippen molar-refractivity contribution in [2.24, 2.45) is 0 Å². The van der Waals surface area contributed by atoms with Crippen LogP contribution in [0.1, 0.15) is 25.6 Å². The molecule has 0 saturated carbocycles. The van der Waals surface area contributed by atoms with Crippen LogP contribution < -0.4 is 0 Å². The summed E-state index contributed by atoms with van der Waals surface area (Å²) >= 11 is 6.92. The molecule has 0 fully saturated rings. The molecule has 0 spiro atoms. The number of hydrogen-bond acceptors (Lipinski definition) is 2. The Kier molecular flexibility index (Phi) is 3.44. The highest BCUT2D eigenvalue weighted by Crippen LogP contribution is 2.29. The first kappa shape index (κ1) is 11.8. The van der Waals surface area contributed by atoms with E-state index in [1.54, 1.807) is 0 Å². The number of aromatic nitrogens is 3. The minimum atomic E-state index is 0.357. The molecule has 1 aromatic heterocycles. The van der Waals surface area contributed by atoms with Crippen molar-refractivity contribution >= 4 is 31.9 Å². The normalized spacial score (nSPS) is 11.1. The fourth-order valence-electron chi connectivity index (χ4n) is 1.32. The van der Waals surface area contributed by atoms with Crippen LogP contribution in [0.5, 0.6) is 0 Å². The van der Waals surface area contributed by atoms with Gasteiger partial charge >= 0.3 is 0 Å². The van der Waals surface area contributed by atoms with Crippen LogP contribution in [0.3, 0.4) is 0 Å². The van der Waals surface area contributed by atoms with E-state index in [1.165, 1.54) is 0 Å². The first-order valence-corrected chi connectivity index (χ1v) is 6.54. The maximum Gasteiger partial charge on any atom is 0.182 e. The van der Waals surface area contributed by atoms with E-state index >= 15 is 0 Å². The lowest BCUT2D eigenvalue weighted by Gasteiger charge is -2.00. The largest absolute Gasteiger partial charge is 0.262 e. The van der Waals surface area contributed by atoms with Gasteiger partial charge in [0.2, 0.25) is 0 Å². The summed E-state index contributed by atoms with van der Waals surface area (Å²) in [7, 11) is 0. The summed E-state index contributed by atoms with van der Waals surface area (Å²) < 4.78 is 2.01. The van der Waals surface area contributed by atoms with Crippen LogP contribution in [0.15, 0.2) is 27.1 Å². The van der Waals surface area contributed by atoms with Crippen molar-refractivity contribution < 1.29 is 0 Å². The van der Waals surface area contributed by atoms with Gasteiger partial charge in [-0.2, -0.15) is 5.10 Å². The van der Waals surface area contributed by atoms with Crippen LogP contribution in [0.2, 0.25) is 0 Å². The van der Waals surface area contributed by atoms with E-state index in [9.17, 15) is 0 Å². The second-order valence-corrected chi connectivity index (χ2v) is 5.59. The number of H-pyrrole nitrogens is 1. The fraction of sp³-hybridized carbons (Fsp3) is 0.273. The fourth-order valence-corrected chi connectivity index (χ4v) is 2.55. The van der Waals surface area contributed by atoms with Gasteiger partial charge in [0.05, 0.1) is 0 Å². The summed E-state index contributed by atoms with van der Waals surface area (Å²) in [5.41, 5.74) is 0.992. The number of benzene rings is 1. The van der Waals surface area contributed by atoms with E-state index in [0.29, 0.717) is 5.92 Å². The van der Waals surface area contributed by atoms with Crippen LogP contribution in [0.4, 0.5) is 0 Å². The first-order valence-electron chi connectivity index (χ1n) is 4.95. The SMILES string of the molecule is CC(C)c1nc(-c2ccc(Br)cc2Br)n[nH]1. The molecule has 1 aromatic carbocycles. The van der Waals surface area contributed by atoms with Crippen molar-refractivity contribution in [1.29, 1.82) is 0 Å². The van der Waals surface area contributed by atoms with Crippen molar-refractivity contribution in [3.05, 3.63) is 33.0 Å². The molecule has 5 heteroatoms. The van der Waals surface area contributed by atoms with Gasteiger partial charge in [0.1, 0.15) is 5.82 Å². The predicted molar refractivity (Wildman–Crippen MR) is 71.3 cm³/mol. The molecule has 0 atom stereocenters. The van der Waals surface area contributed by atoms with Gasteiger partial charge in [0.15, 0.2) is 5.82 Å². The van der Waals surface area contributed by atoms with Crippen LogP contribution in [-0.2, 0) is 0 Å². The molecule has 1 heterocycles. The molecule has 0 unspecified atom stereocenters. The molecule has 1 N–H and O–H groups in total. The van der Waals surface area contributed by atoms with Crippen LogP contribution in [-0.4, -0.2) is 15.2 Å². The summed E-state index contributed by atoms with van der Waals surface area (Å²) in [5, 5.41) is 7.17. The number of rotatable bonds is 2. The highest BCUT2D eigenvalue weighted by Gasteiger charge is 2.11. The van der Waals surface area contributed by atoms with Crippen LogP contribution >= 0.6 is 31.9 Å². The molecule has 84 valence electrons. The molecular weight excluding hydrogens is 334 g/mol. The summed E-state index contributed by atoms with van der Waals surface area (Å²) in [4.78, 5) is 4.46. The zero-order valence-corrected chi connectivity index (χ0v) is 12.1. The third kappa shape index (κ3) is 2.35. The Balaban J connectivity index is 2.42. The topological polar surface area (TPSA) is 41.6 Å². The van der Waals surface area contributed by atoms with Gasteiger partial charge in [0, 0.05) is 20.4 Å². The molecule has 2 rings (SSSR count). The molecule has 0 saturated heterocycles. The summed E-state index contributed by atoms with van der Waals surface area (Å²) in [6.45, 7) is 4.17. The maximum absolute atomic E-state index is 4.46. The Morgan fingerprint density at radius 3 is 2.56 bits per heavy atom. The van der Waals surface area contributed by atoms with E-state index in [-0.39, 0.29) is 0 Å². The number of halogens is 2. The second kappa shape index (κ2) is 4.67. The monoisotopic (exact) mass is 343 g/mol. The smallest absolute Gasteiger partial charge is 0.182 e. The average Bonchev–Trinajstić information content (AvgIpc) is 2.66. The molecule has 2 aromatic rings. The maximum atomic E-state index is 4.46. The van der Waals surface area contributed by atoms with Crippen molar-refractivity contribution in [3.8, 4) is 11.4 Å². The second-order valence-electron chi connectivity index (χ2n) is 3.82. The van der Waals surface area contributed by atoms with Gasteiger partial charge in [-0.25, -0.2) is 4.98 Å². The standard InChI is InChI=1S/C11H11Br2N3/c1-6(2)10-14-11(16-15-10)8-4-3-7(12)5-9(8)13/h3-6H,1-2H3,(H,14,15,16). The van der Waals surface area contributed by atoms with Crippen LogP contribution in [0, 0.1) is 0 Å². The molecule has 0 amide bonds. The minimum absolute atomic E-state index is 0.357. The minimum Gasteiger partial charge on any atom is -0.262 e. The van der Waals surface area contributed by atoms with E-state index < -0.39 is 0 Å². The Morgan fingerprint density at radius 1 is 1.25 bits per heavy atom. The molecule has 0 radical (unpaired) electrons. The third-order valence-electron chi connectivity index (χ3n) is 2.22. The number of hydrogen-bond donors (Lipinski definition) is 1. The molecule has 0 aliphatic rings. The van der Waals surface area contributed by atoms with Gasteiger partial charge in [-0.3, -0.25) is 5.10 Å². The van der Waals surface area contributed by atoms with Crippen molar-refractivity contribution in [3.63, 3.8) is 0 Å². The Hall–Kier alpha value is -0.680. The van der Waals surface area contributed by atoms with E-state index in [2.05, 4.69) is 60.9 Å². The third-order valence-corrected chi connectivity index (χ3v) is 3.37. The van der Waals surface area contributed by atoms with E-state index in [4.69, 9.17) is 0 Å². The summed E-state index contributed by atoms with van der Waals surface area (Å²) in [6, 6.07) is 5.95. The van der Waals surface area contributed by atoms with E-state index in [1.807, 2.05) is 18.2 Å². The Bertz CT molecular complexity index is 506. The zero-order valence-electron chi connectivity index (χ0n) is 8.96. The Morgan fingerprint density at radius 2 is 2.00 bits per heavy atom. The lowest BCUT2D eigenvalue weighted by Crippen LogP contribution is -1.89. The first-order chi connectivity index (χ1) is 7.58. The molecular formula is C11H11Br2N3. The lowest BCUT2D eigenvalue weighted by atomic mass is 10.2. The van der Waals surface area contributed by atoms with E-state index in [0.717, 1.165) is 26.2 Å². The number of nitrogens with zero attached hydrogens (tertiary/aromatic N) is 2. The highest BCUT2D eigenvalue weighted by atomic mass is 79.9. The van der Waals surface area contributed by atoms with Gasteiger partial charge < -0.3 is 0 Å². The zero-order chi connectivity index (χ0) is 11.7. The highest BCUT2D eigenvalue weighted by molar-refractivity contribution is 9.11. The van der Waals surface area contributed by atoms with Gasteiger partial charge in [-0.05, 0) is 34.1 Å². The molecule has 0 aliphatic heterocycles. The van der Waals surface area contributed by atoms with Gasteiger partial charge in [-0.1, -0.05) is 29.8 Å². The summed E-state index contributed by atoms with van der Waals surface area (Å²) in [6.07, 6.45) is 0. The predicted octanol–water partition coefficient (Wildman–Crippen LogP) is 4.12. The molecule has 16 heavy (non-hydrogen) atoms. The van der Waals surface area contributed by atoms with Gasteiger partial charge in [0.25, 0.3) is 0 Å². The Labute approximate surface area is 111 Å². The molecule has 0 bridgehead atoms. The van der Waals surface area contributed by atoms with Crippen molar-refractivity contribution in [2.45, 2.75) is 19.8 Å². The van der Waals surface area contributed by atoms with Crippen LogP contribution in [0.25, 0.3) is 11.4 Å².